The molecule has 110 valence electrons. The smallest absolute Gasteiger partial charge is 0.250 e. The topological polar surface area (TPSA) is 58.2 Å². The molecule has 0 aliphatic carbocycles. The molecule has 0 fully saturated rings. The third-order valence-corrected chi connectivity index (χ3v) is 5.80. The summed E-state index contributed by atoms with van der Waals surface area (Å²) in [6.45, 7) is 6.60. The molecule has 1 aromatic rings. The van der Waals surface area contributed by atoms with Crippen molar-refractivity contribution in [1.29, 1.82) is 0 Å². The van der Waals surface area contributed by atoms with E-state index in [1.54, 1.807) is 6.07 Å². The fraction of sp³-hybridized carbons (Fsp3) is 0.692. The molecule has 19 heavy (non-hydrogen) atoms. The molecule has 1 heterocycles. The largest absolute Gasteiger partial charge is 0.316 e. The van der Waals surface area contributed by atoms with Gasteiger partial charge in [-0.2, -0.15) is 0 Å². The van der Waals surface area contributed by atoms with E-state index in [4.69, 9.17) is 0 Å². The minimum absolute atomic E-state index is 0.425. The summed E-state index contributed by atoms with van der Waals surface area (Å²) in [7, 11) is -3.30. The fourth-order valence-electron chi connectivity index (χ4n) is 1.60. The first-order chi connectivity index (χ1) is 9.10. The van der Waals surface area contributed by atoms with Crippen molar-refractivity contribution in [2.24, 2.45) is 0 Å². The number of thiophene rings is 1. The second kappa shape index (κ2) is 8.68. The lowest BCUT2D eigenvalue weighted by Crippen LogP contribution is -2.23. The van der Waals surface area contributed by atoms with E-state index in [0.29, 0.717) is 10.8 Å². The number of hydrogen-bond donors (Lipinski definition) is 2. The van der Waals surface area contributed by atoms with Crippen LogP contribution in [0.2, 0.25) is 0 Å². The number of nitrogens with one attached hydrogen (secondary N) is 2. The summed E-state index contributed by atoms with van der Waals surface area (Å²) in [6, 6.07) is 3.61. The maximum atomic E-state index is 12.0. The average Bonchev–Trinajstić information content (AvgIpc) is 2.84. The Morgan fingerprint density at radius 1 is 1.11 bits per heavy atom. The fourth-order valence-corrected chi connectivity index (χ4v) is 4.08. The van der Waals surface area contributed by atoms with Crippen LogP contribution in [0, 0.1) is 0 Å². The second-order valence-corrected chi connectivity index (χ2v) is 7.63. The van der Waals surface area contributed by atoms with E-state index in [-0.39, 0.29) is 0 Å². The summed E-state index contributed by atoms with van der Waals surface area (Å²) in [6.07, 6.45) is 3.86. The van der Waals surface area contributed by atoms with Crippen LogP contribution in [0.5, 0.6) is 0 Å². The van der Waals surface area contributed by atoms with Gasteiger partial charge in [0.1, 0.15) is 4.21 Å². The van der Waals surface area contributed by atoms with Gasteiger partial charge in [-0.3, -0.25) is 0 Å². The quantitative estimate of drug-likeness (QED) is 0.653. The highest BCUT2D eigenvalue weighted by Crippen LogP contribution is 2.21. The van der Waals surface area contributed by atoms with Crippen LogP contribution in [0.15, 0.2) is 16.3 Å². The van der Waals surface area contributed by atoms with Gasteiger partial charge in [-0.05, 0) is 44.5 Å². The van der Waals surface area contributed by atoms with Crippen molar-refractivity contribution in [2.75, 3.05) is 19.6 Å². The van der Waals surface area contributed by atoms with Crippen molar-refractivity contribution in [2.45, 2.75) is 43.7 Å². The van der Waals surface area contributed by atoms with Gasteiger partial charge >= 0.3 is 0 Å². The van der Waals surface area contributed by atoms with Crippen molar-refractivity contribution in [1.82, 2.24) is 10.0 Å². The summed E-state index contributed by atoms with van der Waals surface area (Å²) in [4.78, 5) is 1.11. The van der Waals surface area contributed by atoms with Crippen LogP contribution in [-0.4, -0.2) is 28.1 Å². The lowest BCUT2D eigenvalue weighted by Gasteiger charge is -2.03. The number of unbranched alkanes of at least 4 members (excludes halogenated alkanes) is 1. The van der Waals surface area contributed by atoms with E-state index < -0.39 is 10.0 Å². The summed E-state index contributed by atoms with van der Waals surface area (Å²) < 4.78 is 27.0. The van der Waals surface area contributed by atoms with Gasteiger partial charge in [0.15, 0.2) is 0 Å². The standard InChI is InChI=1S/C13H24N2O2S2/c1-3-5-10-15-19(16,17)13-7-6-12(18-13)8-11-14-9-4-2/h6-7,14-15H,3-5,8-11H2,1-2H3. The molecule has 0 spiro atoms. The Morgan fingerprint density at radius 2 is 1.89 bits per heavy atom. The van der Waals surface area contributed by atoms with Gasteiger partial charge in [-0.15, -0.1) is 11.3 Å². The van der Waals surface area contributed by atoms with Crippen LogP contribution in [0.3, 0.4) is 0 Å². The van der Waals surface area contributed by atoms with Crippen LogP contribution in [0.25, 0.3) is 0 Å². The molecule has 0 amide bonds. The number of hydrogen-bond acceptors (Lipinski definition) is 4. The minimum atomic E-state index is -3.30. The molecular weight excluding hydrogens is 280 g/mol. The molecule has 0 aromatic carbocycles. The molecule has 6 heteroatoms. The summed E-state index contributed by atoms with van der Waals surface area (Å²) in [5.74, 6) is 0. The first-order valence-electron chi connectivity index (χ1n) is 6.89. The summed E-state index contributed by atoms with van der Waals surface area (Å²) in [5, 5.41) is 3.32. The lowest BCUT2D eigenvalue weighted by atomic mass is 10.3. The normalized spacial score (nSPS) is 11.9. The number of rotatable bonds is 10. The SMILES string of the molecule is CCCCNS(=O)(=O)c1ccc(CCNCCC)s1. The van der Waals surface area contributed by atoms with E-state index in [2.05, 4.69) is 17.0 Å². The average molecular weight is 304 g/mol. The predicted molar refractivity (Wildman–Crippen MR) is 81.3 cm³/mol. The Balaban J connectivity index is 2.48. The molecule has 0 unspecified atom stereocenters. The monoisotopic (exact) mass is 304 g/mol. The highest BCUT2D eigenvalue weighted by molar-refractivity contribution is 7.91. The highest BCUT2D eigenvalue weighted by Gasteiger charge is 2.15. The van der Waals surface area contributed by atoms with Crippen LogP contribution in [0.4, 0.5) is 0 Å². The summed E-state index contributed by atoms with van der Waals surface area (Å²) in [5.41, 5.74) is 0. The maximum Gasteiger partial charge on any atom is 0.250 e. The van der Waals surface area contributed by atoms with Crippen LogP contribution < -0.4 is 10.0 Å². The van der Waals surface area contributed by atoms with Gasteiger partial charge in [-0.25, -0.2) is 13.1 Å². The molecule has 0 saturated carbocycles. The maximum absolute atomic E-state index is 12.0. The second-order valence-electron chi connectivity index (χ2n) is 4.47. The molecule has 1 aromatic heterocycles. The highest BCUT2D eigenvalue weighted by atomic mass is 32.2. The van der Waals surface area contributed by atoms with E-state index in [0.717, 1.165) is 43.6 Å². The zero-order valence-electron chi connectivity index (χ0n) is 11.7. The first-order valence-corrected chi connectivity index (χ1v) is 9.19. The Bertz CT molecular complexity index is 455. The third kappa shape index (κ3) is 6.03. The molecule has 0 atom stereocenters. The van der Waals surface area contributed by atoms with Crippen LogP contribution in [0.1, 0.15) is 38.0 Å². The Labute approximate surface area is 120 Å². The Morgan fingerprint density at radius 3 is 2.58 bits per heavy atom. The third-order valence-electron chi connectivity index (χ3n) is 2.70. The van der Waals surface area contributed by atoms with Crippen molar-refractivity contribution < 1.29 is 8.42 Å². The van der Waals surface area contributed by atoms with Crippen LogP contribution in [-0.2, 0) is 16.4 Å². The van der Waals surface area contributed by atoms with Gasteiger partial charge in [-0.1, -0.05) is 20.3 Å². The molecule has 0 radical (unpaired) electrons. The molecule has 0 bridgehead atoms. The van der Waals surface area contributed by atoms with Crippen LogP contribution >= 0.6 is 11.3 Å². The zero-order chi connectivity index (χ0) is 14.1. The van der Waals surface area contributed by atoms with Gasteiger partial charge in [0.05, 0.1) is 0 Å². The first kappa shape index (κ1) is 16.6. The predicted octanol–water partition coefficient (Wildman–Crippen LogP) is 2.37. The minimum Gasteiger partial charge on any atom is -0.316 e. The van der Waals surface area contributed by atoms with Gasteiger partial charge in [0, 0.05) is 11.4 Å². The van der Waals surface area contributed by atoms with E-state index in [1.807, 2.05) is 13.0 Å². The molecule has 2 N–H and O–H groups in total. The van der Waals surface area contributed by atoms with E-state index in [1.165, 1.54) is 11.3 Å². The number of sulfonamides is 1. The molecule has 0 aliphatic rings. The zero-order valence-corrected chi connectivity index (χ0v) is 13.4. The Hall–Kier alpha value is -0.430. The van der Waals surface area contributed by atoms with Gasteiger partial charge in [0.2, 0.25) is 10.0 Å². The molecule has 0 saturated heterocycles. The van der Waals surface area contributed by atoms with Crippen molar-refractivity contribution in [3.8, 4) is 0 Å². The van der Waals surface area contributed by atoms with Crippen molar-refractivity contribution in [3.05, 3.63) is 17.0 Å². The molecule has 1 rings (SSSR count). The molecular formula is C13H24N2O2S2. The molecule has 0 aliphatic heterocycles. The molecule has 4 nitrogen and oxygen atoms in total. The lowest BCUT2D eigenvalue weighted by molar-refractivity contribution is 0.580. The van der Waals surface area contributed by atoms with Gasteiger partial charge in [0.25, 0.3) is 0 Å². The van der Waals surface area contributed by atoms with E-state index in [9.17, 15) is 8.42 Å². The van der Waals surface area contributed by atoms with Crippen molar-refractivity contribution in [3.63, 3.8) is 0 Å². The Kier molecular flexibility index (Phi) is 7.60. The summed E-state index contributed by atoms with van der Waals surface area (Å²) >= 11 is 1.37. The van der Waals surface area contributed by atoms with Gasteiger partial charge < -0.3 is 5.32 Å². The van der Waals surface area contributed by atoms with E-state index >= 15 is 0 Å². The van der Waals surface area contributed by atoms with Crippen molar-refractivity contribution >= 4 is 21.4 Å².